The maximum atomic E-state index is 12.5. The Hall–Kier alpha value is -2.49. The van der Waals surface area contributed by atoms with Gasteiger partial charge in [0.1, 0.15) is 5.69 Å². The third kappa shape index (κ3) is 5.78. The zero-order chi connectivity index (χ0) is 21.9. The molecule has 1 heterocycles. The van der Waals surface area contributed by atoms with Crippen LogP contribution in [-0.2, 0) is 16.6 Å². The lowest BCUT2D eigenvalue weighted by Crippen LogP contribution is -2.40. The average molecular weight is 433 g/mol. The van der Waals surface area contributed by atoms with Crippen molar-refractivity contribution in [3.05, 3.63) is 58.1 Å². The second kappa shape index (κ2) is 8.71. The summed E-state index contributed by atoms with van der Waals surface area (Å²) < 4.78 is 27.6. The fourth-order valence-corrected chi connectivity index (χ4v) is 4.94. The molecule has 0 unspecified atom stereocenters. The van der Waals surface area contributed by atoms with Crippen molar-refractivity contribution >= 4 is 27.1 Å². The van der Waals surface area contributed by atoms with Crippen LogP contribution in [0.4, 0.5) is 17.1 Å². The first kappa shape index (κ1) is 22.2. The van der Waals surface area contributed by atoms with Crippen molar-refractivity contribution in [2.24, 2.45) is 0 Å². The molecule has 3 rings (SSSR count). The van der Waals surface area contributed by atoms with Gasteiger partial charge >= 0.3 is 0 Å². The molecule has 0 saturated carbocycles. The molecule has 2 N–H and O–H groups in total. The number of nitro groups is 1. The van der Waals surface area contributed by atoms with E-state index in [-0.39, 0.29) is 16.3 Å². The fraction of sp³-hybridized carbons (Fsp3) is 0.429. The fourth-order valence-electron chi connectivity index (χ4n) is 3.50. The topological polar surface area (TPSA) is 105 Å². The van der Waals surface area contributed by atoms with Crippen molar-refractivity contribution < 1.29 is 13.3 Å². The van der Waals surface area contributed by atoms with Crippen LogP contribution in [-0.4, -0.2) is 36.9 Å². The van der Waals surface area contributed by atoms with E-state index in [4.69, 9.17) is 0 Å². The highest BCUT2D eigenvalue weighted by Gasteiger charge is 2.25. The van der Waals surface area contributed by atoms with E-state index in [2.05, 4.69) is 14.9 Å². The predicted octanol–water partition coefficient (Wildman–Crippen LogP) is 4.01. The molecule has 0 aromatic heterocycles. The average Bonchev–Trinajstić information content (AvgIpc) is 3.13. The van der Waals surface area contributed by atoms with E-state index in [1.165, 1.54) is 25.0 Å². The van der Waals surface area contributed by atoms with Gasteiger partial charge in [-0.25, -0.2) is 13.1 Å². The number of hydrogen-bond donors (Lipinski definition) is 2. The molecule has 0 aliphatic carbocycles. The van der Waals surface area contributed by atoms with Crippen LogP contribution < -0.4 is 10.0 Å². The van der Waals surface area contributed by atoms with Gasteiger partial charge in [-0.2, -0.15) is 0 Å². The van der Waals surface area contributed by atoms with Crippen molar-refractivity contribution in [2.45, 2.75) is 50.6 Å². The van der Waals surface area contributed by atoms with Crippen LogP contribution in [0.2, 0.25) is 0 Å². The predicted molar refractivity (Wildman–Crippen MR) is 117 cm³/mol. The van der Waals surface area contributed by atoms with Gasteiger partial charge in [-0.3, -0.25) is 15.0 Å². The first-order valence-corrected chi connectivity index (χ1v) is 11.4. The number of anilines is 2. The zero-order valence-corrected chi connectivity index (χ0v) is 18.3. The first-order valence-electron chi connectivity index (χ1n) is 9.94. The molecule has 1 aliphatic heterocycles. The molecule has 0 amide bonds. The zero-order valence-electron chi connectivity index (χ0n) is 17.5. The second-order valence-electron chi connectivity index (χ2n) is 8.60. The van der Waals surface area contributed by atoms with Gasteiger partial charge in [-0.15, -0.1) is 0 Å². The number of likely N-dealkylation sites (tertiary alicyclic amines) is 1. The third-order valence-electron chi connectivity index (χ3n) is 4.73. The van der Waals surface area contributed by atoms with E-state index in [9.17, 15) is 18.5 Å². The van der Waals surface area contributed by atoms with Gasteiger partial charge in [-0.1, -0.05) is 12.1 Å². The van der Waals surface area contributed by atoms with E-state index < -0.39 is 20.5 Å². The molecule has 9 heteroatoms. The molecule has 1 aliphatic rings. The quantitative estimate of drug-likeness (QED) is 0.506. The maximum absolute atomic E-state index is 12.5. The Bertz CT molecular complexity index is 1030. The number of nitrogens with zero attached hydrogens (tertiary/aromatic N) is 2. The molecule has 0 atom stereocenters. The van der Waals surface area contributed by atoms with Gasteiger partial charge in [-0.05, 0) is 76.5 Å². The number of rotatable bonds is 7. The standard InChI is InChI=1S/C21H28N4O4S/c1-21(2,3)23-30(28,29)18-9-10-19(20(14-18)25(26)27)22-17-8-6-7-16(13-17)15-24-11-4-5-12-24/h6-10,13-14,22-23H,4-5,11-12,15H2,1-3H3. The summed E-state index contributed by atoms with van der Waals surface area (Å²) >= 11 is 0. The Balaban J connectivity index is 1.85. The van der Waals surface area contributed by atoms with E-state index in [0.717, 1.165) is 37.0 Å². The third-order valence-corrected chi connectivity index (χ3v) is 6.48. The van der Waals surface area contributed by atoms with Crippen LogP contribution >= 0.6 is 0 Å². The van der Waals surface area contributed by atoms with Crippen LogP contribution in [0, 0.1) is 10.1 Å². The van der Waals surface area contributed by atoms with Crippen LogP contribution in [0.3, 0.4) is 0 Å². The maximum Gasteiger partial charge on any atom is 0.294 e. The number of nitro benzene ring substituents is 1. The van der Waals surface area contributed by atoms with Gasteiger partial charge in [0.05, 0.1) is 9.82 Å². The number of nitrogens with one attached hydrogen (secondary N) is 2. The normalized spacial score (nSPS) is 15.3. The molecule has 8 nitrogen and oxygen atoms in total. The van der Waals surface area contributed by atoms with E-state index in [0.29, 0.717) is 0 Å². The van der Waals surface area contributed by atoms with Crippen molar-refractivity contribution in [3.63, 3.8) is 0 Å². The van der Waals surface area contributed by atoms with Gasteiger partial charge in [0.15, 0.2) is 0 Å². The summed E-state index contributed by atoms with van der Waals surface area (Å²) in [5, 5.41) is 14.7. The summed E-state index contributed by atoms with van der Waals surface area (Å²) in [7, 11) is -3.87. The number of sulfonamides is 1. The molecular formula is C21H28N4O4S. The number of benzene rings is 2. The lowest BCUT2D eigenvalue weighted by atomic mass is 10.1. The van der Waals surface area contributed by atoms with Crippen LogP contribution in [0.15, 0.2) is 47.4 Å². The Morgan fingerprint density at radius 1 is 1.10 bits per heavy atom. The summed E-state index contributed by atoms with van der Waals surface area (Å²) in [6.45, 7) is 8.15. The second-order valence-corrected chi connectivity index (χ2v) is 10.3. The van der Waals surface area contributed by atoms with Crippen molar-refractivity contribution in [2.75, 3.05) is 18.4 Å². The minimum atomic E-state index is -3.87. The van der Waals surface area contributed by atoms with Crippen molar-refractivity contribution in [1.29, 1.82) is 0 Å². The smallest absolute Gasteiger partial charge is 0.294 e. The number of hydrogen-bond acceptors (Lipinski definition) is 6. The Labute approximate surface area is 177 Å². The monoisotopic (exact) mass is 432 g/mol. The SMILES string of the molecule is CC(C)(C)NS(=O)(=O)c1ccc(Nc2cccc(CN3CCCC3)c2)c([N+](=O)[O-])c1. The highest BCUT2D eigenvalue weighted by molar-refractivity contribution is 7.89. The summed E-state index contributed by atoms with van der Waals surface area (Å²) in [5.41, 5.74) is 1.10. The summed E-state index contributed by atoms with van der Waals surface area (Å²) in [4.78, 5) is 13.3. The highest BCUT2D eigenvalue weighted by atomic mass is 32.2. The first-order chi connectivity index (χ1) is 14.0. The molecule has 0 spiro atoms. The minimum absolute atomic E-state index is 0.141. The van der Waals surface area contributed by atoms with Crippen LogP contribution in [0.25, 0.3) is 0 Å². The van der Waals surface area contributed by atoms with Gasteiger partial charge in [0, 0.05) is 23.8 Å². The molecule has 1 fully saturated rings. The van der Waals surface area contributed by atoms with E-state index >= 15 is 0 Å². The Morgan fingerprint density at radius 2 is 1.80 bits per heavy atom. The Kier molecular flexibility index (Phi) is 6.44. The molecule has 30 heavy (non-hydrogen) atoms. The summed E-state index contributed by atoms with van der Waals surface area (Å²) in [6, 6.07) is 11.6. The minimum Gasteiger partial charge on any atom is -0.350 e. The largest absolute Gasteiger partial charge is 0.350 e. The van der Waals surface area contributed by atoms with Gasteiger partial charge in [0.2, 0.25) is 10.0 Å². The summed E-state index contributed by atoms with van der Waals surface area (Å²) in [5.74, 6) is 0. The van der Waals surface area contributed by atoms with Crippen LogP contribution in [0.5, 0.6) is 0 Å². The van der Waals surface area contributed by atoms with Gasteiger partial charge in [0.25, 0.3) is 5.69 Å². The van der Waals surface area contributed by atoms with E-state index in [1.54, 1.807) is 20.8 Å². The molecule has 1 saturated heterocycles. The molecule has 0 bridgehead atoms. The van der Waals surface area contributed by atoms with Crippen LogP contribution in [0.1, 0.15) is 39.2 Å². The molecule has 2 aromatic rings. The van der Waals surface area contributed by atoms with Gasteiger partial charge < -0.3 is 5.32 Å². The van der Waals surface area contributed by atoms with E-state index in [1.807, 2.05) is 24.3 Å². The lowest BCUT2D eigenvalue weighted by Gasteiger charge is -2.20. The Morgan fingerprint density at radius 3 is 2.43 bits per heavy atom. The highest BCUT2D eigenvalue weighted by Crippen LogP contribution is 2.31. The van der Waals surface area contributed by atoms with Crippen molar-refractivity contribution in [3.8, 4) is 0 Å². The summed E-state index contributed by atoms with van der Waals surface area (Å²) in [6.07, 6.45) is 2.42. The molecule has 0 radical (unpaired) electrons. The van der Waals surface area contributed by atoms with Crippen molar-refractivity contribution in [1.82, 2.24) is 9.62 Å². The molecule has 2 aromatic carbocycles. The lowest BCUT2D eigenvalue weighted by molar-refractivity contribution is -0.384. The molecule has 162 valence electrons. The molecular weight excluding hydrogens is 404 g/mol.